The van der Waals surface area contributed by atoms with Crippen molar-refractivity contribution in [2.45, 2.75) is 18.6 Å². The van der Waals surface area contributed by atoms with E-state index >= 15 is 0 Å². The zero-order valence-electron chi connectivity index (χ0n) is 10.5. The molecule has 20 heavy (non-hydrogen) atoms. The van der Waals surface area contributed by atoms with Gasteiger partial charge < -0.3 is 10.4 Å². The topological polar surface area (TPSA) is 75.1 Å². The molecule has 0 bridgehead atoms. The van der Waals surface area contributed by atoms with Crippen molar-refractivity contribution in [3.05, 3.63) is 58.6 Å². The third-order valence-corrected chi connectivity index (χ3v) is 3.54. The summed E-state index contributed by atoms with van der Waals surface area (Å²) in [6, 6.07) is 7.24. The number of aliphatic hydroxyl groups excluding tert-OH is 1. The van der Waals surface area contributed by atoms with Crippen LogP contribution < -0.4 is 5.32 Å². The van der Waals surface area contributed by atoms with Crippen LogP contribution in [0.1, 0.15) is 27.7 Å². The van der Waals surface area contributed by atoms with Gasteiger partial charge in [0.1, 0.15) is 10.8 Å². The lowest BCUT2D eigenvalue weighted by atomic mass is 10.1. The molecule has 1 aliphatic rings. The van der Waals surface area contributed by atoms with Gasteiger partial charge in [-0.05, 0) is 11.1 Å². The van der Waals surface area contributed by atoms with Gasteiger partial charge in [0.2, 0.25) is 0 Å². The van der Waals surface area contributed by atoms with Gasteiger partial charge in [0.25, 0.3) is 5.91 Å². The van der Waals surface area contributed by atoms with Crippen LogP contribution in [0.15, 0.2) is 36.7 Å². The number of hydrogen-bond donors (Lipinski definition) is 2. The molecule has 5 nitrogen and oxygen atoms in total. The lowest BCUT2D eigenvalue weighted by molar-refractivity contribution is 0.0853. The fraction of sp³-hybridized carbons (Fsp3) is 0.214. The maximum atomic E-state index is 12.1. The molecule has 1 aromatic carbocycles. The van der Waals surface area contributed by atoms with Crippen molar-refractivity contribution in [1.82, 2.24) is 15.3 Å². The first-order valence-corrected chi connectivity index (χ1v) is 6.57. The number of amides is 1. The number of nitrogens with zero attached hydrogens (tertiary/aromatic N) is 2. The molecule has 0 aliphatic heterocycles. The minimum Gasteiger partial charge on any atom is -0.390 e. The van der Waals surface area contributed by atoms with E-state index in [9.17, 15) is 9.90 Å². The number of aliphatic hydroxyl groups is 1. The number of benzene rings is 1. The second-order valence-corrected chi connectivity index (χ2v) is 5.03. The number of hydrogen-bond acceptors (Lipinski definition) is 4. The van der Waals surface area contributed by atoms with Crippen molar-refractivity contribution in [2.24, 2.45) is 0 Å². The summed E-state index contributed by atoms with van der Waals surface area (Å²) >= 11 is 5.63. The molecule has 0 saturated heterocycles. The summed E-state index contributed by atoms with van der Waals surface area (Å²) in [6.07, 6.45) is 2.53. The second-order valence-electron chi connectivity index (χ2n) is 4.65. The fourth-order valence-corrected chi connectivity index (χ4v) is 2.49. The summed E-state index contributed by atoms with van der Waals surface area (Å²) < 4.78 is 0. The molecule has 0 unspecified atom stereocenters. The number of carbonyl (C=O) groups is 1. The van der Waals surface area contributed by atoms with E-state index in [4.69, 9.17) is 11.6 Å². The highest BCUT2D eigenvalue weighted by Crippen LogP contribution is 2.31. The largest absolute Gasteiger partial charge is 0.390 e. The van der Waals surface area contributed by atoms with Crippen molar-refractivity contribution in [1.29, 1.82) is 0 Å². The van der Waals surface area contributed by atoms with Crippen molar-refractivity contribution in [3.63, 3.8) is 0 Å². The molecule has 6 heteroatoms. The Labute approximate surface area is 120 Å². The van der Waals surface area contributed by atoms with Crippen LogP contribution in [0.2, 0.25) is 5.15 Å². The van der Waals surface area contributed by atoms with Crippen LogP contribution in [0.3, 0.4) is 0 Å². The molecule has 3 rings (SSSR count). The molecule has 2 aromatic rings. The molecule has 1 aromatic heterocycles. The predicted octanol–water partition coefficient (Wildman–Crippen LogP) is 1.52. The van der Waals surface area contributed by atoms with Crippen LogP contribution in [0.5, 0.6) is 0 Å². The Kier molecular flexibility index (Phi) is 3.38. The summed E-state index contributed by atoms with van der Waals surface area (Å²) in [5.41, 5.74) is 2.16. The number of rotatable bonds is 2. The van der Waals surface area contributed by atoms with Crippen LogP contribution in [0.4, 0.5) is 0 Å². The van der Waals surface area contributed by atoms with Gasteiger partial charge in [0.05, 0.1) is 24.5 Å². The molecule has 1 amide bonds. The Balaban J connectivity index is 1.81. The van der Waals surface area contributed by atoms with Gasteiger partial charge >= 0.3 is 0 Å². The maximum Gasteiger partial charge on any atom is 0.272 e. The normalized spacial score (nSPS) is 20.5. The fourth-order valence-electron chi connectivity index (χ4n) is 2.39. The quantitative estimate of drug-likeness (QED) is 0.879. The smallest absolute Gasteiger partial charge is 0.272 e. The highest BCUT2D eigenvalue weighted by molar-refractivity contribution is 6.29. The van der Waals surface area contributed by atoms with E-state index in [0.717, 1.165) is 11.1 Å². The molecule has 0 saturated carbocycles. The molecule has 0 spiro atoms. The van der Waals surface area contributed by atoms with E-state index in [-0.39, 0.29) is 16.8 Å². The average Bonchev–Trinajstić information content (AvgIpc) is 2.76. The Morgan fingerprint density at radius 3 is 2.85 bits per heavy atom. The van der Waals surface area contributed by atoms with Gasteiger partial charge in [0, 0.05) is 6.42 Å². The summed E-state index contributed by atoms with van der Waals surface area (Å²) in [6.45, 7) is 0. The molecule has 2 atom stereocenters. The monoisotopic (exact) mass is 289 g/mol. The molecule has 1 aliphatic carbocycles. The van der Waals surface area contributed by atoms with E-state index in [0.29, 0.717) is 6.42 Å². The predicted molar refractivity (Wildman–Crippen MR) is 73.4 cm³/mol. The molecule has 1 heterocycles. The molecule has 0 radical (unpaired) electrons. The van der Waals surface area contributed by atoms with Crippen LogP contribution in [-0.2, 0) is 6.42 Å². The Morgan fingerprint density at radius 1 is 1.30 bits per heavy atom. The second kappa shape index (κ2) is 5.19. The summed E-state index contributed by atoms with van der Waals surface area (Å²) in [5.74, 6) is -0.380. The van der Waals surface area contributed by atoms with Crippen molar-refractivity contribution in [3.8, 4) is 0 Å². The minimum absolute atomic E-state index is 0.172. The number of aromatic nitrogens is 2. The van der Waals surface area contributed by atoms with E-state index < -0.39 is 12.1 Å². The summed E-state index contributed by atoms with van der Waals surface area (Å²) in [7, 11) is 0. The minimum atomic E-state index is -0.628. The van der Waals surface area contributed by atoms with Crippen molar-refractivity contribution >= 4 is 17.5 Å². The average molecular weight is 290 g/mol. The molecular weight excluding hydrogens is 278 g/mol. The SMILES string of the molecule is O=C(N[C@H]1c2ccccc2C[C@H]1O)c1cnc(Cl)cn1. The zero-order valence-corrected chi connectivity index (χ0v) is 11.2. The lowest BCUT2D eigenvalue weighted by Gasteiger charge is -2.17. The summed E-state index contributed by atoms with van der Waals surface area (Å²) in [4.78, 5) is 19.8. The number of fused-ring (bicyclic) bond motifs is 1. The van der Waals surface area contributed by atoms with Gasteiger partial charge in [-0.2, -0.15) is 0 Å². The van der Waals surface area contributed by atoms with E-state index in [1.54, 1.807) is 0 Å². The highest BCUT2D eigenvalue weighted by Gasteiger charge is 2.32. The number of nitrogens with one attached hydrogen (secondary N) is 1. The Morgan fingerprint density at radius 2 is 2.10 bits per heavy atom. The molecular formula is C14H12ClN3O2. The van der Waals surface area contributed by atoms with Crippen LogP contribution in [0.25, 0.3) is 0 Å². The first-order chi connectivity index (χ1) is 9.65. The van der Waals surface area contributed by atoms with Gasteiger partial charge in [-0.25, -0.2) is 9.97 Å². The standard InChI is InChI=1S/C14H12ClN3O2/c15-12-7-16-10(6-17-12)14(20)18-13-9-4-2-1-3-8(9)5-11(13)19/h1-4,6-7,11,13,19H,5H2,(H,18,20)/t11-,13+/m1/s1. The van der Waals surface area contributed by atoms with Crippen molar-refractivity contribution < 1.29 is 9.90 Å². The van der Waals surface area contributed by atoms with E-state index in [1.165, 1.54) is 12.4 Å². The van der Waals surface area contributed by atoms with Crippen LogP contribution >= 0.6 is 11.6 Å². The van der Waals surface area contributed by atoms with Gasteiger partial charge in [-0.3, -0.25) is 4.79 Å². The lowest BCUT2D eigenvalue weighted by Crippen LogP contribution is -2.34. The molecule has 102 valence electrons. The highest BCUT2D eigenvalue weighted by atomic mass is 35.5. The third-order valence-electron chi connectivity index (χ3n) is 3.34. The van der Waals surface area contributed by atoms with Gasteiger partial charge in [0.15, 0.2) is 0 Å². The van der Waals surface area contributed by atoms with Crippen molar-refractivity contribution in [2.75, 3.05) is 0 Å². The van der Waals surface area contributed by atoms with Crippen LogP contribution in [0, 0.1) is 0 Å². The van der Waals surface area contributed by atoms with E-state index in [1.807, 2.05) is 24.3 Å². The maximum absolute atomic E-state index is 12.1. The third kappa shape index (κ3) is 2.37. The zero-order chi connectivity index (χ0) is 14.1. The molecule has 2 N–H and O–H groups in total. The Hall–Kier alpha value is -1.98. The first kappa shape index (κ1) is 13.0. The number of carbonyl (C=O) groups excluding carboxylic acids is 1. The summed E-state index contributed by atoms with van der Waals surface area (Å²) in [5, 5.41) is 13.1. The van der Waals surface area contributed by atoms with Gasteiger partial charge in [-0.1, -0.05) is 35.9 Å². The molecule has 0 fully saturated rings. The van der Waals surface area contributed by atoms with E-state index in [2.05, 4.69) is 15.3 Å². The first-order valence-electron chi connectivity index (χ1n) is 6.19. The number of halogens is 1. The van der Waals surface area contributed by atoms with Gasteiger partial charge in [-0.15, -0.1) is 0 Å². The Bertz CT molecular complexity index is 645. The van der Waals surface area contributed by atoms with Crippen LogP contribution in [-0.4, -0.2) is 27.1 Å².